The summed E-state index contributed by atoms with van der Waals surface area (Å²) in [6.45, 7) is 4.68. The van der Waals surface area contributed by atoms with Gasteiger partial charge in [-0.25, -0.2) is 0 Å². The molecule has 1 heterocycles. The Labute approximate surface area is 109 Å². The Kier molecular flexibility index (Phi) is 4.02. The maximum absolute atomic E-state index is 12.4. The predicted octanol–water partition coefficient (Wildman–Crippen LogP) is 2.33. The summed E-state index contributed by atoms with van der Waals surface area (Å²) in [7, 11) is 0. The summed E-state index contributed by atoms with van der Waals surface area (Å²) >= 11 is 0. The standard InChI is InChI=1S/C15H22N2O/c1-11(12(2)16)15(18)17-10-6-9-14(17)13-7-4-3-5-8-13/h3-5,7-8,11-12,14H,6,9-10,16H2,1-2H3. The lowest BCUT2D eigenvalue weighted by molar-refractivity contribution is -0.136. The second-order valence-corrected chi connectivity index (χ2v) is 5.25. The van der Waals surface area contributed by atoms with Crippen molar-refractivity contribution < 1.29 is 4.79 Å². The van der Waals surface area contributed by atoms with Gasteiger partial charge in [0.15, 0.2) is 0 Å². The van der Waals surface area contributed by atoms with E-state index in [0.717, 1.165) is 19.4 Å². The van der Waals surface area contributed by atoms with Gasteiger partial charge in [-0.1, -0.05) is 37.3 Å². The minimum absolute atomic E-state index is 0.0884. The van der Waals surface area contributed by atoms with Crippen molar-refractivity contribution in [2.75, 3.05) is 6.54 Å². The average Bonchev–Trinajstić information content (AvgIpc) is 2.87. The number of likely N-dealkylation sites (tertiary alicyclic amines) is 1. The zero-order chi connectivity index (χ0) is 13.1. The first-order chi connectivity index (χ1) is 8.61. The van der Waals surface area contributed by atoms with Crippen molar-refractivity contribution in [2.24, 2.45) is 11.7 Å². The molecule has 18 heavy (non-hydrogen) atoms. The average molecular weight is 246 g/mol. The van der Waals surface area contributed by atoms with Gasteiger partial charge in [0.1, 0.15) is 0 Å². The molecule has 1 aliphatic heterocycles. The van der Waals surface area contributed by atoms with Gasteiger partial charge in [0, 0.05) is 12.6 Å². The topological polar surface area (TPSA) is 46.3 Å². The second kappa shape index (κ2) is 5.53. The van der Waals surface area contributed by atoms with E-state index < -0.39 is 0 Å². The van der Waals surface area contributed by atoms with Crippen molar-refractivity contribution in [3.05, 3.63) is 35.9 Å². The van der Waals surface area contributed by atoms with Crippen LogP contribution in [0, 0.1) is 5.92 Å². The van der Waals surface area contributed by atoms with E-state index >= 15 is 0 Å². The fourth-order valence-corrected chi connectivity index (χ4v) is 2.54. The van der Waals surface area contributed by atoms with Crippen LogP contribution in [0.2, 0.25) is 0 Å². The zero-order valence-corrected chi connectivity index (χ0v) is 11.2. The van der Waals surface area contributed by atoms with Crippen molar-refractivity contribution in [3.8, 4) is 0 Å². The number of rotatable bonds is 3. The second-order valence-electron chi connectivity index (χ2n) is 5.25. The molecule has 1 amide bonds. The number of carbonyl (C=O) groups excluding carboxylic acids is 1. The van der Waals surface area contributed by atoms with Gasteiger partial charge >= 0.3 is 0 Å². The molecular formula is C15H22N2O. The highest BCUT2D eigenvalue weighted by molar-refractivity contribution is 5.80. The van der Waals surface area contributed by atoms with Crippen molar-refractivity contribution >= 4 is 5.91 Å². The van der Waals surface area contributed by atoms with Crippen LogP contribution in [-0.2, 0) is 4.79 Å². The Balaban J connectivity index is 2.15. The zero-order valence-electron chi connectivity index (χ0n) is 11.2. The molecule has 1 aromatic carbocycles. The number of nitrogens with two attached hydrogens (primary N) is 1. The molecule has 0 spiro atoms. The minimum Gasteiger partial charge on any atom is -0.335 e. The lowest BCUT2D eigenvalue weighted by atomic mass is 10.00. The fourth-order valence-electron chi connectivity index (χ4n) is 2.54. The monoisotopic (exact) mass is 246 g/mol. The first-order valence-electron chi connectivity index (χ1n) is 6.72. The lowest BCUT2D eigenvalue weighted by Crippen LogP contribution is -2.41. The molecule has 3 atom stereocenters. The Morgan fingerprint density at radius 2 is 2.00 bits per heavy atom. The van der Waals surface area contributed by atoms with Crippen molar-refractivity contribution in [1.29, 1.82) is 0 Å². The highest BCUT2D eigenvalue weighted by Crippen LogP contribution is 2.33. The smallest absolute Gasteiger partial charge is 0.227 e. The van der Waals surface area contributed by atoms with E-state index in [4.69, 9.17) is 5.73 Å². The van der Waals surface area contributed by atoms with Crippen molar-refractivity contribution in [2.45, 2.75) is 38.8 Å². The maximum Gasteiger partial charge on any atom is 0.227 e. The van der Waals surface area contributed by atoms with Gasteiger partial charge in [-0.05, 0) is 25.3 Å². The van der Waals surface area contributed by atoms with E-state index in [-0.39, 0.29) is 23.9 Å². The van der Waals surface area contributed by atoms with E-state index in [0.29, 0.717) is 0 Å². The van der Waals surface area contributed by atoms with Crippen LogP contribution in [0.15, 0.2) is 30.3 Å². The number of nitrogens with zero attached hydrogens (tertiary/aromatic N) is 1. The Bertz CT molecular complexity index is 402. The summed E-state index contributed by atoms with van der Waals surface area (Å²) in [5.74, 6) is 0.0886. The Morgan fingerprint density at radius 3 is 2.61 bits per heavy atom. The van der Waals surface area contributed by atoms with Gasteiger partial charge < -0.3 is 10.6 Å². The number of amides is 1. The summed E-state index contributed by atoms with van der Waals surface area (Å²) in [6, 6.07) is 10.4. The number of hydrogen-bond acceptors (Lipinski definition) is 2. The molecule has 1 fully saturated rings. The van der Waals surface area contributed by atoms with Crippen LogP contribution >= 0.6 is 0 Å². The first kappa shape index (κ1) is 13.1. The normalized spacial score (nSPS) is 22.8. The number of carbonyl (C=O) groups is 1. The van der Waals surface area contributed by atoms with Gasteiger partial charge in [0.2, 0.25) is 5.91 Å². The molecule has 1 aliphatic rings. The molecule has 3 nitrogen and oxygen atoms in total. The quantitative estimate of drug-likeness (QED) is 0.889. The van der Waals surface area contributed by atoms with E-state index in [2.05, 4.69) is 12.1 Å². The van der Waals surface area contributed by atoms with Gasteiger partial charge in [0.25, 0.3) is 0 Å². The van der Waals surface area contributed by atoms with Gasteiger partial charge in [-0.2, -0.15) is 0 Å². The molecule has 3 unspecified atom stereocenters. The maximum atomic E-state index is 12.4. The van der Waals surface area contributed by atoms with Crippen LogP contribution in [0.1, 0.15) is 38.3 Å². The molecule has 2 rings (SSSR count). The molecule has 1 aromatic rings. The Hall–Kier alpha value is -1.35. The largest absolute Gasteiger partial charge is 0.335 e. The van der Waals surface area contributed by atoms with Crippen LogP contribution in [0.25, 0.3) is 0 Å². The molecule has 0 radical (unpaired) electrons. The summed E-state index contributed by atoms with van der Waals surface area (Å²) in [5.41, 5.74) is 7.08. The van der Waals surface area contributed by atoms with Crippen LogP contribution in [0.3, 0.4) is 0 Å². The van der Waals surface area contributed by atoms with Gasteiger partial charge in [0.05, 0.1) is 12.0 Å². The van der Waals surface area contributed by atoms with Crippen LogP contribution in [0.5, 0.6) is 0 Å². The highest BCUT2D eigenvalue weighted by atomic mass is 16.2. The third-order valence-electron chi connectivity index (χ3n) is 3.90. The molecule has 98 valence electrons. The highest BCUT2D eigenvalue weighted by Gasteiger charge is 2.33. The third kappa shape index (κ3) is 2.56. The van der Waals surface area contributed by atoms with Crippen LogP contribution in [-0.4, -0.2) is 23.4 Å². The first-order valence-corrected chi connectivity index (χ1v) is 6.72. The minimum atomic E-state index is -0.102. The van der Waals surface area contributed by atoms with Gasteiger partial charge in [-0.15, -0.1) is 0 Å². The van der Waals surface area contributed by atoms with Crippen LogP contribution in [0.4, 0.5) is 0 Å². The molecule has 2 N–H and O–H groups in total. The predicted molar refractivity (Wildman–Crippen MR) is 72.9 cm³/mol. The summed E-state index contributed by atoms with van der Waals surface area (Å²) in [4.78, 5) is 14.4. The lowest BCUT2D eigenvalue weighted by Gasteiger charge is -2.29. The van der Waals surface area contributed by atoms with E-state index in [1.807, 2.05) is 36.9 Å². The van der Waals surface area contributed by atoms with E-state index in [1.54, 1.807) is 0 Å². The van der Waals surface area contributed by atoms with Crippen molar-refractivity contribution in [3.63, 3.8) is 0 Å². The summed E-state index contributed by atoms with van der Waals surface area (Å²) in [5, 5.41) is 0. The number of hydrogen-bond donors (Lipinski definition) is 1. The summed E-state index contributed by atoms with van der Waals surface area (Å²) < 4.78 is 0. The molecule has 3 heteroatoms. The molecular weight excluding hydrogens is 224 g/mol. The molecule has 1 saturated heterocycles. The van der Waals surface area contributed by atoms with Gasteiger partial charge in [-0.3, -0.25) is 4.79 Å². The van der Waals surface area contributed by atoms with E-state index in [1.165, 1.54) is 5.56 Å². The van der Waals surface area contributed by atoms with Crippen molar-refractivity contribution in [1.82, 2.24) is 4.90 Å². The molecule has 0 bridgehead atoms. The summed E-state index contributed by atoms with van der Waals surface area (Å²) in [6.07, 6.45) is 2.14. The molecule has 0 saturated carbocycles. The fraction of sp³-hybridized carbons (Fsp3) is 0.533. The Morgan fingerprint density at radius 1 is 1.33 bits per heavy atom. The van der Waals surface area contributed by atoms with E-state index in [9.17, 15) is 4.79 Å². The number of benzene rings is 1. The molecule has 0 aliphatic carbocycles. The van der Waals surface area contributed by atoms with Crippen LogP contribution < -0.4 is 5.73 Å². The SMILES string of the molecule is CC(N)C(C)C(=O)N1CCCC1c1ccccc1. The third-order valence-corrected chi connectivity index (χ3v) is 3.90. The molecule has 0 aromatic heterocycles.